The summed E-state index contributed by atoms with van der Waals surface area (Å²) in [5.41, 5.74) is 8.06. The molecule has 0 spiro atoms. The topological polar surface area (TPSA) is 83.0 Å². The van der Waals surface area contributed by atoms with Gasteiger partial charge >= 0.3 is 5.97 Å². The number of hydrogen-bond donors (Lipinski definition) is 1. The average molecular weight is 274 g/mol. The summed E-state index contributed by atoms with van der Waals surface area (Å²) in [6, 6.07) is 1.27. The minimum absolute atomic E-state index is 0.0632. The molecule has 2 aromatic heterocycles. The van der Waals surface area contributed by atoms with Gasteiger partial charge in [-0.05, 0) is 12.0 Å². The number of carbonyl (C=O) groups excluding carboxylic acids is 1. The number of rotatable bonds is 4. The fourth-order valence-corrected chi connectivity index (χ4v) is 2.18. The highest BCUT2D eigenvalue weighted by atomic mass is 16.5. The highest BCUT2D eigenvalue weighted by Gasteiger charge is 2.27. The zero-order valence-electron chi connectivity index (χ0n) is 11.8. The molecule has 0 aliphatic carbocycles. The van der Waals surface area contributed by atoms with Crippen molar-refractivity contribution in [2.75, 3.05) is 12.8 Å². The smallest absolute Gasteiger partial charge is 0.329 e. The molecule has 20 heavy (non-hydrogen) atoms. The van der Waals surface area contributed by atoms with E-state index in [0.29, 0.717) is 5.69 Å². The van der Waals surface area contributed by atoms with Gasteiger partial charge in [0.15, 0.2) is 0 Å². The van der Waals surface area contributed by atoms with Gasteiger partial charge in [-0.25, -0.2) is 9.78 Å². The molecule has 1 unspecified atom stereocenters. The van der Waals surface area contributed by atoms with Gasteiger partial charge in [0.25, 0.3) is 0 Å². The number of aromatic nitrogens is 3. The molecule has 0 fully saturated rings. The number of nitrogens with two attached hydrogens (primary N) is 1. The fraction of sp³-hybridized carbons (Fsp3) is 0.357. The number of ether oxygens (including phenoxy) is 1. The lowest BCUT2D eigenvalue weighted by Gasteiger charge is -2.22. The summed E-state index contributed by atoms with van der Waals surface area (Å²) in [6.45, 7) is 3.91. The van der Waals surface area contributed by atoms with E-state index in [1.54, 1.807) is 35.6 Å². The molecule has 0 saturated heterocycles. The third-order valence-corrected chi connectivity index (χ3v) is 3.17. The summed E-state index contributed by atoms with van der Waals surface area (Å²) < 4.78 is 6.67. The van der Waals surface area contributed by atoms with E-state index in [0.717, 1.165) is 11.3 Å². The van der Waals surface area contributed by atoms with Crippen LogP contribution in [0, 0.1) is 5.92 Å². The quantitative estimate of drug-likeness (QED) is 0.861. The fourth-order valence-electron chi connectivity index (χ4n) is 2.18. The van der Waals surface area contributed by atoms with Crippen molar-refractivity contribution in [3.8, 4) is 11.3 Å². The van der Waals surface area contributed by atoms with E-state index in [-0.39, 0.29) is 11.9 Å². The van der Waals surface area contributed by atoms with Crippen LogP contribution >= 0.6 is 0 Å². The monoisotopic (exact) mass is 274 g/mol. The third kappa shape index (κ3) is 2.49. The Balaban J connectivity index is 2.52. The van der Waals surface area contributed by atoms with Crippen LogP contribution < -0.4 is 5.73 Å². The van der Waals surface area contributed by atoms with Gasteiger partial charge < -0.3 is 15.0 Å². The van der Waals surface area contributed by atoms with E-state index in [4.69, 9.17) is 10.5 Å². The molecule has 0 aliphatic heterocycles. The Morgan fingerprint density at radius 1 is 1.35 bits per heavy atom. The van der Waals surface area contributed by atoms with Crippen LogP contribution in [0.15, 0.2) is 31.0 Å². The van der Waals surface area contributed by atoms with Crippen molar-refractivity contribution in [3.05, 3.63) is 31.0 Å². The molecule has 0 radical (unpaired) electrons. The molecule has 106 valence electrons. The zero-order valence-corrected chi connectivity index (χ0v) is 11.8. The zero-order chi connectivity index (χ0) is 14.7. The molecule has 2 N–H and O–H groups in total. The molecule has 2 heterocycles. The van der Waals surface area contributed by atoms with Crippen LogP contribution in [0.1, 0.15) is 19.9 Å². The van der Waals surface area contributed by atoms with E-state index in [2.05, 4.69) is 9.97 Å². The molecule has 0 saturated carbocycles. The number of nitrogens with zero attached hydrogens (tertiary/aromatic N) is 3. The first-order valence-corrected chi connectivity index (χ1v) is 6.35. The van der Waals surface area contributed by atoms with Gasteiger partial charge in [0.1, 0.15) is 6.04 Å². The van der Waals surface area contributed by atoms with Crippen molar-refractivity contribution >= 4 is 11.7 Å². The second-order valence-electron chi connectivity index (χ2n) is 4.86. The van der Waals surface area contributed by atoms with Crippen molar-refractivity contribution < 1.29 is 9.53 Å². The van der Waals surface area contributed by atoms with Gasteiger partial charge in [-0.15, -0.1) is 0 Å². The lowest BCUT2D eigenvalue weighted by Crippen LogP contribution is -2.25. The summed E-state index contributed by atoms with van der Waals surface area (Å²) in [6.07, 6.45) is 6.58. The number of esters is 1. The lowest BCUT2D eigenvalue weighted by molar-refractivity contribution is -0.146. The van der Waals surface area contributed by atoms with Crippen LogP contribution in [0.2, 0.25) is 0 Å². The average Bonchev–Trinajstić information content (AvgIpc) is 2.87. The SMILES string of the molecule is COC(=O)C(C(C)C)n1cncc1-c1cnccc1N. The Morgan fingerprint density at radius 2 is 2.10 bits per heavy atom. The standard InChI is InChI=1S/C14H18N4O2/c1-9(2)13(14(19)20-3)18-8-17-7-12(18)10-6-16-5-4-11(10)15/h4-9,13H,1-3H3,(H2,15,16). The third-order valence-electron chi connectivity index (χ3n) is 3.17. The number of nitrogen functional groups attached to an aromatic ring is 1. The molecule has 6 heteroatoms. The predicted molar refractivity (Wildman–Crippen MR) is 75.8 cm³/mol. The first-order valence-electron chi connectivity index (χ1n) is 6.35. The highest BCUT2D eigenvalue weighted by molar-refractivity contribution is 5.78. The maximum absolute atomic E-state index is 12.0. The summed E-state index contributed by atoms with van der Waals surface area (Å²) in [5, 5.41) is 0. The lowest BCUT2D eigenvalue weighted by atomic mass is 10.0. The summed E-state index contributed by atoms with van der Waals surface area (Å²) >= 11 is 0. The number of methoxy groups -OCH3 is 1. The normalized spacial score (nSPS) is 12.4. The van der Waals surface area contributed by atoms with Gasteiger partial charge in [-0.1, -0.05) is 13.8 Å². The van der Waals surface area contributed by atoms with Gasteiger partial charge in [0.2, 0.25) is 0 Å². The van der Waals surface area contributed by atoms with Gasteiger partial charge in [0.05, 0.1) is 25.3 Å². The van der Waals surface area contributed by atoms with Crippen LogP contribution in [0.5, 0.6) is 0 Å². The van der Waals surface area contributed by atoms with E-state index in [9.17, 15) is 4.79 Å². The number of carbonyl (C=O) groups is 1. The molecule has 0 aliphatic rings. The molecular formula is C14H18N4O2. The minimum atomic E-state index is -0.447. The van der Waals surface area contributed by atoms with Crippen LogP contribution in [0.3, 0.4) is 0 Å². The molecular weight excluding hydrogens is 256 g/mol. The molecule has 1 atom stereocenters. The summed E-state index contributed by atoms with van der Waals surface area (Å²) in [7, 11) is 1.38. The first-order chi connectivity index (χ1) is 9.56. The van der Waals surface area contributed by atoms with Crippen molar-refractivity contribution in [2.45, 2.75) is 19.9 Å². The van der Waals surface area contributed by atoms with E-state index in [1.807, 2.05) is 13.8 Å². The number of pyridine rings is 1. The van der Waals surface area contributed by atoms with E-state index >= 15 is 0 Å². The molecule has 6 nitrogen and oxygen atoms in total. The Bertz CT molecular complexity index is 607. The van der Waals surface area contributed by atoms with Crippen molar-refractivity contribution in [1.29, 1.82) is 0 Å². The maximum atomic E-state index is 12.0. The van der Waals surface area contributed by atoms with Crippen molar-refractivity contribution in [2.24, 2.45) is 5.92 Å². The highest BCUT2D eigenvalue weighted by Crippen LogP contribution is 2.29. The largest absolute Gasteiger partial charge is 0.467 e. The Labute approximate surface area is 117 Å². The van der Waals surface area contributed by atoms with Gasteiger partial charge in [0, 0.05) is 23.6 Å². The number of hydrogen-bond acceptors (Lipinski definition) is 5. The maximum Gasteiger partial charge on any atom is 0.329 e. The van der Waals surface area contributed by atoms with Crippen LogP contribution in [0.25, 0.3) is 11.3 Å². The Hall–Kier alpha value is -2.37. The number of anilines is 1. The second-order valence-corrected chi connectivity index (χ2v) is 4.86. The van der Waals surface area contributed by atoms with Crippen LogP contribution in [-0.4, -0.2) is 27.6 Å². The summed E-state index contributed by atoms with van der Waals surface area (Å²) in [5.74, 6) is -0.241. The molecule has 0 amide bonds. The van der Waals surface area contributed by atoms with E-state index < -0.39 is 6.04 Å². The van der Waals surface area contributed by atoms with E-state index in [1.165, 1.54) is 7.11 Å². The molecule has 2 aromatic rings. The minimum Gasteiger partial charge on any atom is -0.467 e. The summed E-state index contributed by atoms with van der Waals surface area (Å²) in [4.78, 5) is 20.2. The first kappa shape index (κ1) is 14.0. The van der Waals surface area contributed by atoms with Crippen LogP contribution in [0.4, 0.5) is 5.69 Å². The predicted octanol–water partition coefficient (Wildman–Crippen LogP) is 1.90. The van der Waals surface area contributed by atoms with Crippen LogP contribution in [-0.2, 0) is 9.53 Å². The second kappa shape index (κ2) is 5.73. The van der Waals surface area contributed by atoms with Gasteiger partial charge in [-0.2, -0.15) is 0 Å². The van der Waals surface area contributed by atoms with Gasteiger partial charge in [-0.3, -0.25) is 4.98 Å². The Morgan fingerprint density at radius 3 is 2.70 bits per heavy atom. The van der Waals surface area contributed by atoms with Crippen molar-refractivity contribution in [3.63, 3.8) is 0 Å². The van der Waals surface area contributed by atoms with Crippen molar-refractivity contribution in [1.82, 2.24) is 14.5 Å². The molecule has 0 bridgehead atoms. The molecule has 0 aromatic carbocycles. The Kier molecular flexibility index (Phi) is 4.02. The number of imidazole rings is 1. The molecule has 2 rings (SSSR count).